The summed E-state index contributed by atoms with van der Waals surface area (Å²) in [5.74, 6) is 0.869. The largest absolute Gasteiger partial charge is 0.495 e. The molecule has 20 heavy (non-hydrogen) atoms. The molecule has 2 heteroatoms. The molecule has 1 N–H and O–H groups in total. The maximum absolute atomic E-state index is 5.42. The molecule has 2 rings (SSSR count). The molecule has 0 saturated heterocycles. The van der Waals surface area contributed by atoms with Gasteiger partial charge in [-0.1, -0.05) is 48.0 Å². The van der Waals surface area contributed by atoms with E-state index in [0.29, 0.717) is 0 Å². The molecule has 0 fully saturated rings. The maximum Gasteiger partial charge on any atom is 0.141 e. The Labute approximate surface area is 121 Å². The summed E-state index contributed by atoms with van der Waals surface area (Å²) in [6, 6.07) is 16.6. The minimum absolute atomic E-state index is 0.825. The molecule has 0 spiro atoms. The molecular formula is C18H21NO. The van der Waals surface area contributed by atoms with Crippen LogP contribution in [0.5, 0.6) is 5.75 Å². The molecule has 2 aromatic rings. The zero-order chi connectivity index (χ0) is 14.4. The van der Waals surface area contributed by atoms with Crippen LogP contribution in [0, 0.1) is 0 Å². The van der Waals surface area contributed by atoms with Gasteiger partial charge in [-0.25, -0.2) is 0 Å². The van der Waals surface area contributed by atoms with E-state index in [-0.39, 0.29) is 0 Å². The van der Waals surface area contributed by atoms with E-state index in [9.17, 15) is 0 Å². The average molecular weight is 267 g/mol. The highest BCUT2D eigenvalue weighted by Crippen LogP contribution is 2.30. The van der Waals surface area contributed by atoms with Gasteiger partial charge in [-0.15, -0.1) is 0 Å². The quantitative estimate of drug-likeness (QED) is 0.790. The Bertz CT molecular complexity index is 588. The SMILES string of the molecule is CC=C(C)CNc1cc(-c2ccccc2)ccc1OC. The molecular weight excluding hydrogens is 246 g/mol. The van der Waals surface area contributed by atoms with E-state index in [2.05, 4.69) is 61.6 Å². The number of methoxy groups -OCH3 is 1. The summed E-state index contributed by atoms with van der Waals surface area (Å²) >= 11 is 0. The monoisotopic (exact) mass is 267 g/mol. The fourth-order valence-corrected chi connectivity index (χ4v) is 1.99. The van der Waals surface area contributed by atoms with Crippen molar-refractivity contribution in [2.24, 2.45) is 0 Å². The van der Waals surface area contributed by atoms with Gasteiger partial charge in [0.15, 0.2) is 0 Å². The van der Waals surface area contributed by atoms with Crippen LogP contribution in [0.1, 0.15) is 13.8 Å². The van der Waals surface area contributed by atoms with Crippen LogP contribution in [0.4, 0.5) is 5.69 Å². The zero-order valence-electron chi connectivity index (χ0n) is 12.3. The third kappa shape index (κ3) is 3.41. The number of rotatable bonds is 5. The summed E-state index contributed by atoms with van der Waals surface area (Å²) in [6.07, 6.45) is 2.11. The van der Waals surface area contributed by atoms with Gasteiger partial charge in [0.2, 0.25) is 0 Å². The molecule has 2 nitrogen and oxygen atoms in total. The summed E-state index contributed by atoms with van der Waals surface area (Å²) in [4.78, 5) is 0. The van der Waals surface area contributed by atoms with E-state index in [0.717, 1.165) is 18.0 Å². The second-order valence-corrected chi connectivity index (χ2v) is 4.77. The van der Waals surface area contributed by atoms with Crippen LogP contribution < -0.4 is 10.1 Å². The third-order valence-electron chi connectivity index (χ3n) is 3.36. The molecule has 0 amide bonds. The van der Waals surface area contributed by atoms with Crippen LogP contribution in [-0.2, 0) is 0 Å². The second-order valence-electron chi connectivity index (χ2n) is 4.77. The minimum Gasteiger partial charge on any atom is -0.495 e. The van der Waals surface area contributed by atoms with Crippen molar-refractivity contribution in [3.05, 3.63) is 60.2 Å². The lowest BCUT2D eigenvalue weighted by atomic mass is 10.0. The molecule has 104 valence electrons. The van der Waals surface area contributed by atoms with E-state index >= 15 is 0 Å². The topological polar surface area (TPSA) is 21.3 Å². The van der Waals surface area contributed by atoms with Crippen LogP contribution in [0.25, 0.3) is 11.1 Å². The number of anilines is 1. The van der Waals surface area contributed by atoms with Crippen molar-refractivity contribution in [2.75, 3.05) is 19.0 Å². The van der Waals surface area contributed by atoms with Gasteiger partial charge < -0.3 is 10.1 Å². The summed E-state index contributed by atoms with van der Waals surface area (Å²) in [6.45, 7) is 4.99. The molecule has 2 aromatic carbocycles. The second kappa shape index (κ2) is 6.80. The van der Waals surface area contributed by atoms with Gasteiger partial charge in [0.25, 0.3) is 0 Å². The predicted octanol–water partition coefficient (Wildman–Crippen LogP) is 4.74. The fourth-order valence-electron chi connectivity index (χ4n) is 1.99. The van der Waals surface area contributed by atoms with Crippen LogP contribution >= 0.6 is 0 Å². The number of benzene rings is 2. The van der Waals surface area contributed by atoms with Gasteiger partial charge in [0.1, 0.15) is 5.75 Å². The molecule has 0 bridgehead atoms. The first-order chi connectivity index (χ1) is 9.74. The van der Waals surface area contributed by atoms with Crippen LogP contribution in [0.2, 0.25) is 0 Å². The molecule has 0 atom stereocenters. The number of hydrogen-bond acceptors (Lipinski definition) is 2. The normalized spacial score (nSPS) is 11.2. The lowest BCUT2D eigenvalue weighted by molar-refractivity contribution is 0.416. The van der Waals surface area contributed by atoms with Crippen molar-refractivity contribution < 1.29 is 4.74 Å². The summed E-state index contributed by atoms with van der Waals surface area (Å²) in [5, 5.41) is 3.43. The van der Waals surface area contributed by atoms with Crippen LogP contribution in [-0.4, -0.2) is 13.7 Å². The van der Waals surface area contributed by atoms with Crippen molar-refractivity contribution in [3.8, 4) is 16.9 Å². The van der Waals surface area contributed by atoms with Gasteiger partial charge in [-0.05, 0) is 37.1 Å². The first-order valence-electron chi connectivity index (χ1n) is 6.83. The Hall–Kier alpha value is -2.22. The van der Waals surface area contributed by atoms with E-state index in [1.807, 2.05) is 12.1 Å². The van der Waals surface area contributed by atoms with Crippen molar-refractivity contribution in [1.82, 2.24) is 0 Å². The molecule has 0 aliphatic carbocycles. The van der Waals surface area contributed by atoms with Gasteiger partial charge in [0, 0.05) is 6.54 Å². The van der Waals surface area contributed by atoms with Crippen molar-refractivity contribution in [1.29, 1.82) is 0 Å². The molecule has 0 aliphatic heterocycles. The molecule has 0 heterocycles. The molecule has 0 unspecified atom stereocenters. The predicted molar refractivity (Wildman–Crippen MR) is 86.4 cm³/mol. The zero-order valence-corrected chi connectivity index (χ0v) is 12.3. The minimum atomic E-state index is 0.825. The molecule has 0 aliphatic rings. The van der Waals surface area contributed by atoms with Crippen LogP contribution in [0.3, 0.4) is 0 Å². The van der Waals surface area contributed by atoms with Crippen molar-refractivity contribution >= 4 is 5.69 Å². The summed E-state index contributed by atoms with van der Waals surface area (Å²) in [7, 11) is 1.70. The fraction of sp³-hybridized carbons (Fsp3) is 0.222. The standard InChI is InChI=1S/C18H21NO/c1-4-14(2)13-19-17-12-16(10-11-18(17)20-3)15-8-6-5-7-9-15/h4-12,19H,13H2,1-3H3. The highest BCUT2D eigenvalue weighted by Gasteiger charge is 2.05. The highest BCUT2D eigenvalue weighted by molar-refractivity contribution is 5.72. The van der Waals surface area contributed by atoms with Crippen molar-refractivity contribution in [3.63, 3.8) is 0 Å². The van der Waals surface area contributed by atoms with E-state index in [1.54, 1.807) is 7.11 Å². The van der Waals surface area contributed by atoms with Gasteiger partial charge in [-0.2, -0.15) is 0 Å². The highest BCUT2D eigenvalue weighted by atomic mass is 16.5. The van der Waals surface area contributed by atoms with Crippen molar-refractivity contribution in [2.45, 2.75) is 13.8 Å². The average Bonchev–Trinajstić information content (AvgIpc) is 2.53. The Morgan fingerprint density at radius 1 is 1.10 bits per heavy atom. The lowest BCUT2D eigenvalue weighted by Crippen LogP contribution is -2.04. The first-order valence-corrected chi connectivity index (χ1v) is 6.83. The van der Waals surface area contributed by atoms with Gasteiger partial charge >= 0.3 is 0 Å². The Kier molecular flexibility index (Phi) is 4.83. The maximum atomic E-state index is 5.42. The smallest absolute Gasteiger partial charge is 0.141 e. The molecule has 0 radical (unpaired) electrons. The molecule has 0 saturated carbocycles. The first kappa shape index (κ1) is 14.2. The van der Waals surface area contributed by atoms with Gasteiger partial charge in [0.05, 0.1) is 12.8 Å². The van der Waals surface area contributed by atoms with E-state index < -0.39 is 0 Å². The summed E-state index contributed by atoms with van der Waals surface area (Å²) < 4.78 is 5.42. The number of nitrogens with one attached hydrogen (secondary N) is 1. The van der Waals surface area contributed by atoms with Gasteiger partial charge in [-0.3, -0.25) is 0 Å². The Morgan fingerprint density at radius 3 is 2.50 bits per heavy atom. The Balaban J connectivity index is 2.29. The Morgan fingerprint density at radius 2 is 1.85 bits per heavy atom. The number of allylic oxidation sites excluding steroid dienone is 1. The van der Waals surface area contributed by atoms with E-state index in [4.69, 9.17) is 4.74 Å². The lowest BCUT2D eigenvalue weighted by Gasteiger charge is -2.13. The van der Waals surface area contributed by atoms with E-state index in [1.165, 1.54) is 16.7 Å². The number of hydrogen-bond donors (Lipinski definition) is 1. The number of ether oxygens (including phenoxy) is 1. The summed E-state index contributed by atoms with van der Waals surface area (Å²) in [5.41, 5.74) is 4.72. The van der Waals surface area contributed by atoms with Crippen LogP contribution in [0.15, 0.2) is 60.2 Å². The molecule has 0 aromatic heterocycles. The third-order valence-corrected chi connectivity index (χ3v) is 3.36.